The highest BCUT2D eigenvalue weighted by Crippen LogP contribution is 2.24. The topological polar surface area (TPSA) is 68.5 Å². The highest BCUT2D eigenvalue weighted by molar-refractivity contribution is 5.84. The van der Waals surface area contributed by atoms with Gasteiger partial charge in [0.25, 0.3) is 5.82 Å². The molecule has 16 heavy (non-hydrogen) atoms. The molecule has 1 aromatic heterocycles. The number of carbonyl (C=O) groups is 1. The molecule has 0 radical (unpaired) electrons. The standard InChI is InChI=1S/C10H15N3O3/c1-3-15-10(14)8-11-9(16-12-8)7-4-5-13(2)6-7/h7H,3-6H2,1-2H3. The van der Waals surface area contributed by atoms with Gasteiger partial charge >= 0.3 is 5.97 Å². The molecule has 1 unspecified atom stereocenters. The number of hydrogen-bond acceptors (Lipinski definition) is 6. The van der Waals surface area contributed by atoms with Crippen molar-refractivity contribution in [3.63, 3.8) is 0 Å². The van der Waals surface area contributed by atoms with Crippen molar-refractivity contribution in [2.75, 3.05) is 26.7 Å². The molecule has 1 atom stereocenters. The Labute approximate surface area is 93.6 Å². The molecule has 1 saturated heterocycles. The minimum Gasteiger partial charge on any atom is -0.460 e. The van der Waals surface area contributed by atoms with Gasteiger partial charge in [0.1, 0.15) is 0 Å². The number of nitrogens with zero attached hydrogens (tertiary/aromatic N) is 3. The van der Waals surface area contributed by atoms with E-state index in [0.29, 0.717) is 12.5 Å². The Morgan fingerprint density at radius 3 is 3.12 bits per heavy atom. The van der Waals surface area contributed by atoms with Crippen LogP contribution in [0.15, 0.2) is 4.52 Å². The Morgan fingerprint density at radius 1 is 1.69 bits per heavy atom. The Bertz CT molecular complexity index is 377. The van der Waals surface area contributed by atoms with Crippen LogP contribution in [-0.2, 0) is 4.74 Å². The first-order valence-corrected chi connectivity index (χ1v) is 5.40. The maximum absolute atomic E-state index is 11.3. The van der Waals surface area contributed by atoms with Crippen molar-refractivity contribution in [3.05, 3.63) is 11.7 Å². The molecular weight excluding hydrogens is 210 g/mol. The largest absolute Gasteiger partial charge is 0.460 e. The molecule has 1 aliphatic heterocycles. The van der Waals surface area contributed by atoms with Crippen LogP contribution in [0.2, 0.25) is 0 Å². The number of aromatic nitrogens is 2. The zero-order chi connectivity index (χ0) is 11.5. The molecule has 2 heterocycles. The normalized spacial score (nSPS) is 21.2. The van der Waals surface area contributed by atoms with E-state index in [1.807, 2.05) is 7.05 Å². The number of likely N-dealkylation sites (tertiary alicyclic amines) is 1. The summed E-state index contributed by atoms with van der Waals surface area (Å²) in [6, 6.07) is 0. The minimum absolute atomic E-state index is 0.0198. The zero-order valence-electron chi connectivity index (χ0n) is 9.47. The van der Waals surface area contributed by atoms with Crippen LogP contribution in [0, 0.1) is 0 Å². The molecule has 6 nitrogen and oxygen atoms in total. The van der Waals surface area contributed by atoms with Gasteiger partial charge in [-0.25, -0.2) is 4.79 Å². The molecule has 0 bridgehead atoms. The van der Waals surface area contributed by atoms with Crippen molar-refractivity contribution in [1.29, 1.82) is 0 Å². The van der Waals surface area contributed by atoms with Gasteiger partial charge in [-0.05, 0) is 32.1 Å². The summed E-state index contributed by atoms with van der Waals surface area (Å²) in [6.45, 7) is 3.96. The Hall–Kier alpha value is -1.43. The van der Waals surface area contributed by atoms with Crippen molar-refractivity contribution in [1.82, 2.24) is 15.0 Å². The first-order valence-electron chi connectivity index (χ1n) is 5.40. The van der Waals surface area contributed by atoms with E-state index >= 15 is 0 Å². The molecule has 0 saturated carbocycles. The summed E-state index contributed by atoms with van der Waals surface area (Å²) in [4.78, 5) is 17.6. The van der Waals surface area contributed by atoms with Gasteiger partial charge in [-0.1, -0.05) is 0 Å². The monoisotopic (exact) mass is 225 g/mol. The number of rotatable bonds is 3. The summed E-state index contributed by atoms with van der Waals surface area (Å²) in [5.74, 6) is 0.267. The third-order valence-electron chi connectivity index (χ3n) is 2.64. The fraction of sp³-hybridized carbons (Fsp3) is 0.700. The smallest absolute Gasteiger partial charge is 0.379 e. The lowest BCUT2D eigenvalue weighted by Crippen LogP contribution is -2.13. The average Bonchev–Trinajstić information content (AvgIpc) is 2.85. The summed E-state index contributed by atoms with van der Waals surface area (Å²) in [5, 5.41) is 3.63. The SMILES string of the molecule is CCOC(=O)c1noc(C2CCN(C)C2)n1. The lowest BCUT2D eigenvalue weighted by Gasteiger charge is -2.04. The third kappa shape index (κ3) is 2.21. The number of esters is 1. The molecule has 1 aromatic rings. The molecule has 0 aromatic carbocycles. The zero-order valence-corrected chi connectivity index (χ0v) is 9.47. The summed E-state index contributed by atoms with van der Waals surface area (Å²) in [6.07, 6.45) is 0.987. The van der Waals surface area contributed by atoms with E-state index in [0.717, 1.165) is 19.5 Å². The average molecular weight is 225 g/mol. The number of carbonyl (C=O) groups excluding carboxylic acids is 1. The van der Waals surface area contributed by atoms with Gasteiger partial charge in [0.15, 0.2) is 0 Å². The van der Waals surface area contributed by atoms with Crippen molar-refractivity contribution in [2.45, 2.75) is 19.3 Å². The first kappa shape index (κ1) is 11.1. The van der Waals surface area contributed by atoms with Crippen molar-refractivity contribution in [2.24, 2.45) is 0 Å². The van der Waals surface area contributed by atoms with Crippen molar-refractivity contribution >= 4 is 5.97 Å². The molecule has 0 amide bonds. The van der Waals surface area contributed by atoms with E-state index in [9.17, 15) is 4.79 Å². The lowest BCUT2D eigenvalue weighted by atomic mass is 10.1. The maximum Gasteiger partial charge on any atom is 0.379 e. The molecular formula is C10H15N3O3. The summed E-state index contributed by atoms with van der Waals surface area (Å²) < 4.78 is 9.87. The lowest BCUT2D eigenvalue weighted by molar-refractivity contribution is 0.0508. The van der Waals surface area contributed by atoms with Crippen molar-refractivity contribution < 1.29 is 14.1 Å². The molecule has 0 N–H and O–H groups in total. The first-order chi connectivity index (χ1) is 7.70. The molecule has 1 aliphatic rings. The van der Waals surface area contributed by atoms with Gasteiger partial charge < -0.3 is 14.2 Å². The van der Waals surface area contributed by atoms with Crippen LogP contribution in [0.1, 0.15) is 35.8 Å². The number of likely N-dealkylation sites (N-methyl/N-ethyl adjacent to an activating group) is 1. The van der Waals surface area contributed by atoms with E-state index in [1.54, 1.807) is 6.92 Å². The van der Waals surface area contributed by atoms with Crippen LogP contribution < -0.4 is 0 Å². The summed E-state index contributed by atoms with van der Waals surface area (Å²) in [5.41, 5.74) is 0. The second-order valence-electron chi connectivity index (χ2n) is 3.92. The van der Waals surface area contributed by atoms with Gasteiger partial charge in [-0.15, -0.1) is 0 Å². The highest BCUT2D eigenvalue weighted by atomic mass is 16.5. The van der Waals surface area contributed by atoms with E-state index in [4.69, 9.17) is 9.26 Å². The third-order valence-corrected chi connectivity index (χ3v) is 2.64. The van der Waals surface area contributed by atoms with Gasteiger partial charge in [-0.3, -0.25) is 0 Å². The summed E-state index contributed by atoms with van der Waals surface area (Å²) >= 11 is 0. The maximum atomic E-state index is 11.3. The molecule has 2 rings (SSSR count). The van der Waals surface area contributed by atoms with E-state index < -0.39 is 5.97 Å². The van der Waals surface area contributed by atoms with E-state index in [-0.39, 0.29) is 11.7 Å². The van der Waals surface area contributed by atoms with Crippen LogP contribution in [0.5, 0.6) is 0 Å². The van der Waals surface area contributed by atoms with Crippen LogP contribution in [-0.4, -0.2) is 47.8 Å². The van der Waals surface area contributed by atoms with E-state index in [2.05, 4.69) is 15.0 Å². The van der Waals surface area contributed by atoms with Crippen molar-refractivity contribution in [3.8, 4) is 0 Å². The van der Waals surface area contributed by atoms with Gasteiger partial charge in [0.05, 0.1) is 12.5 Å². The predicted molar refractivity (Wildman–Crippen MR) is 55.1 cm³/mol. The molecule has 6 heteroatoms. The van der Waals surface area contributed by atoms with Gasteiger partial charge in [-0.2, -0.15) is 4.98 Å². The van der Waals surface area contributed by atoms with Crippen LogP contribution in [0.25, 0.3) is 0 Å². The molecule has 88 valence electrons. The Morgan fingerprint density at radius 2 is 2.50 bits per heavy atom. The van der Waals surface area contributed by atoms with Crippen LogP contribution in [0.3, 0.4) is 0 Å². The van der Waals surface area contributed by atoms with Crippen LogP contribution >= 0.6 is 0 Å². The molecule has 0 spiro atoms. The highest BCUT2D eigenvalue weighted by Gasteiger charge is 2.27. The number of ether oxygens (including phenoxy) is 1. The molecule has 1 fully saturated rings. The molecule has 0 aliphatic carbocycles. The van der Waals surface area contributed by atoms with Gasteiger partial charge in [0, 0.05) is 6.54 Å². The fourth-order valence-electron chi connectivity index (χ4n) is 1.82. The van der Waals surface area contributed by atoms with Crippen LogP contribution in [0.4, 0.5) is 0 Å². The quantitative estimate of drug-likeness (QED) is 0.704. The van der Waals surface area contributed by atoms with Gasteiger partial charge in [0.2, 0.25) is 5.89 Å². The fourth-order valence-corrected chi connectivity index (χ4v) is 1.82. The number of hydrogen-bond donors (Lipinski definition) is 0. The second kappa shape index (κ2) is 4.61. The predicted octanol–water partition coefficient (Wildman–Crippen LogP) is 0.665. The second-order valence-corrected chi connectivity index (χ2v) is 3.92. The Kier molecular flexibility index (Phi) is 3.19. The Balaban J connectivity index is 2.04. The van der Waals surface area contributed by atoms with E-state index in [1.165, 1.54) is 0 Å². The summed E-state index contributed by atoms with van der Waals surface area (Å²) in [7, 11) is 2.04. The minimum atomic E-state index is -0.524.